The lowest BCUT2D eigenvalue weighted by atomic mass is 10.2. The number of hydrogen-bond acceptors (Lipinski definition) is 3. The molecule has 1 heterocycles. The van der Waals surface area contributed by atoms with Gasteiger partial charge in [-0.1, -0.05) is 31.0 Å². The molecule has 19 heavy (non-hydrogen) atoms. The van der Waals surface area contributed by atoms with Gasteiger partial charge in [0.05, 0.1) is 5.02 Å². The Balaban J connectivity index is 2.01. The second kappa shape index (κ2) is 6.48. The molecule has 0 saturated heterocycles. The molecule has 2 rings (SSSR count). The van der Waals surface area contributed by atoms with E-state index in [4.69, 9.17) is 11.6 Å². The number of aryl methyl sites for hydroxylation is 1. The highest BCUT2D eigenvalue weighted by Gasteiger charge is 2.02. The zero-order valence-corrected chi connectivity index (χ0v) is 11.4. The molecule has 0 bridgehead atoms. The highest BCUT2D eigenvalue weighted by atomic mass is 35.5. The van der Waals surface area contributed by atoms with Crippen molar-refractivity contribution in [3.63, 3.8) is 0 Å². The number of halogens is 2. The average Bonchev–Trinajstić information content (AvgIpc) is 2.41. The lowest BCUT2D eigenvalue weighted by Crippen LogP contribution is -2.03. The SMILES string of the molecule is CCCc1cc(NCc2ccc(F)c(Cl)c2)ncn1. The summed E-state index contributed by atoms with van der Waals surface area (Å²) in [4.78, 5) is 8.34. The third kappa shape index (κ3) is 3.89. The molecule has 0 atom stereocenters. The summed E-state index contributed by atoms with van der Waals surface area (Å²) in [6.45, 7) is 2.65. The van der Waals surface area contributed by atoms with Crippen LogP contribution in [0.2, 0.25) is 5.02 Å². The fraction of sp³-hybridized carbons (Fsp3) is 0.286. The van der Waals surface area contributed by atoms with Crippen LogP contribution in [0.5, 0.6) is 0 Å². The number of anilines is 1. The highest BCUT2D eigenvalue weighted by molar-refractivity contribution is 6.30. The summed E-state index contributed by atoms with van der Waals surface area (Å²) in [6.07, 6.45) is 3.52. The maximum atomic E-state index is 13.0. The minimum absolute atomic E-state index is 0.133. The molecule has 0 spiro atoms. The first-order valence-corrected chi connectivity index (χ1v) is 6.55. The smallest absolute Gasteiger partial charge is 0.141 e. The fourth-order valence-electron chi connectivity index (χ4n) is 1.73. The number of benzene rings is 1. The molecule has 0 radical (unpaired) electrons. The molecule has 2 aromatic rings. The third-order valence-electron chi connectivity index (χ3n) is 2.69. The van der Waals surface area contributed by atoms with E-state index in [-0.39, 0.29) is 5.02 Å². The normalized spacial score (nSPS) is 10.5. The first-order chi connectivity index (χ1) is 9.19. The van der Waals surface area contributed by atoms with Crippen LogP contribution in [0.25, 0.3) is 0 Å². The molecule has 0 fully saturated rings. The lowest BCUT2D eigenvalue weighted by Gasteiger charge is -2.07. The summed E-state index contributed by atoms with van der Waals surface area (Å²) in [5.41, 5.74) is 1.92. The van der Waals surface area contributed by atoms with Gasteiger partial charge in [0.2, 0.25) is 0 Å². The van der Waals surface area contributed by atoms with E-state index in [0.29, 0.717) is 6.54 Å². The molecule has 1 aromatic carbocycles. The molecule has 5 heteroatoms. The van der Waals surface area contributed by atoms with Gasteiger partial charge >= 0.3 is 0 Å². The Kier molecular flexibility index (Phi) is 4.68. The Morgan fingerprint density at radius 2 is 2.11 bits per heavy atom. The van der Waals surface area contributed by atoms with Gasteiger partial charge < -0.3 is 5.32 Å². The number of aromatic nitrogens is 2. The lowest BCUT2D eigenvalue weighted by molar-refractivity contribution is 0.627. The summed E-state index contributed by atoms with van der Waals surface area (Å²) < 4.78 is 13.0. The van der Waals surface area contributed by atoms with Gasteiger partial charge in [0.25, 0.3) is 0 Å². The average molecular weight is 280 g/mol. The molecular weight excluding hydrogens is 265 g/mol. The summed E-state index contributed by atoms with van der Waals surface area (Å²) in [5, 5.41) is 3.31. The van der Waals surface area contributed by atoms with Gasteiger partial charge in [-0.05, 0) is 24.1 Å². The second-order valence-electron chi connectivity index (χ2n) is 4.25. The molecule has 1 aromatic heterocycles. The molecular formula is C14H15ClFN3. The minimum atomic E-state index is -0.405. The van der Waals surface area contributed by atoms with Crippen LogP contribution in [0.15, 0.2) is 30.6 Å². The van der Waals surface area contributed by atoms with E-state index in [0.717, 1.165) is 29.9 Å². The van der Waals surface area contributed by atoms with Crippen molar-refractivity contribution < 1.29 is 4.39 Å². The van der Waals surface area contributed by atoms with Gasteiger partial charge in [0.1, 0.15) is 18.0 Å². The van der Waals surface area contributed by atoms with Gasteiger partial charge in [0.15, 0.2) is 0 Å². The van der Waals surface area contributed by atoms with Gasteiger partial charge in [-0.25, -0.2) is 14.4 Å². The minimum Gasteiger partial charge on any atom is -0.366 e. The standard InChI is InChI=1S/C14H15ClFN3/c1-2-3-11-7-14(19-9-18-11)17-8-10-4-5-13(16)12(15)6-10/h4-7,9H,2-3,8H2,1H3,(H,17,18,19). The van der Waals surface area contributed by atoms with Crippen LogP contribution >= 0.6 is 11.6 Å². The Labute approximate surface area is 116 Å². The summed E-state index contributed by atoms with van der Waals surface area (Å²) in [5.74, 6) is 0.358. The van der Waals surface area contributed by atoms with Crippen LogP contribution < -0.4 is 5.32 Å². The van der Waals surface area contributed by atoms with Gasteiger partial charge in [0, 0.05) is 18.3 Å². The molecule has 0 amide bonds. The first-order valence-electron chi connectivity index (χ1n) is 6.17. The quantitative estimate of drug-likeness (QED) is 0.904. The van der Waals surface area contributed by atoms with Crippen LogP contribution in [0.4, 0.5) is 10.2 Å². The monoisotopic (exact) mass is 279 g/mol. The maximum absolute atomic E-state index is 13.0. The van der Waals surface area contributed by atoms with Crippen molar-refractivity contribution in [1.82, 2.24) is 9.97 Å². The van der Waals surface area contributed by atoms with Crippen molar-refractivity contribution in [3.8, 4) is 0 Å². The number of nitrogens with one attached hydrogen (secondary N) is 1. The van der Waals surface area contributed by atoms with E-state index in [1.54, 1.807) is 18.5 Å². The Bertz CT molecular complexity index is 560. The maximum Gasteiger partial charge on any atom is 0.141 e. The summed E-state index contributed by atoms with van der Waals surface area (Å²) in [6, 6.07) is 6.59. The molecule has 0 unspecified atom stereocenters. The van der Waals surface area contributed by atoms with E-state index >= 15 is 0 Å². The van der Waals surface area contributed by atoms with Crippen LogP contribution in [0.3, 0.4) is 0 Å². The molecule has 0 aliphatic heterocycles. The molecule has 1 N–H and O–H groups in total. The number of nitrogens with zero attached hydrogens (tertiary/aromatic N) is 2. The van der Waals surface area contributed by atoms with E-state index in [1.165, 1.54) is 6.07 Å². The topological polar surface area (TPSA) is 37.8 Å². The van der Waals surface area contributed by atoms with Crippen LogP contribution in [-0.4, -0.2) is 9.97 Å². The van der Waals surface area contributed by atoms with Crippen molar-refractivity contribution in [2.24, 2.45) is 0 Å². The zero-order valence-electron chi connectivity index (χ0n) is 10.7. The predicted molar refractivity (Wildman–Crippen MR) is 74.8 cm³/mol. The first kappa shape index (κ1) is 13.7. The van der Waals surface area contributed by atoms with E-state index in [1.807, 2.05) is 6.07 Å². The number of rotatable bonds is 5. The molecule has 100 valence electrons. The van der Waals surface area contributed by atoms with Crippen LogP contribution in [0.1, 0.15) is 24.6 Å². The second-order valence-corrected chi connectivity index (χ2v) is 4.65. The van der Waals surface area contributed by atoms with Crippen LogP contribution in [0, 0.1) is 5.82 Å². The molecule has 3 nitrogen and oxygen atoms in total. The Hall–Kier alpha value is -1.68. The van der Waals surface area contributed by atoms with Crippen molar-refractivity contribution in [2.75, 3.05) is 5.32 Å². The largest absolute Gasteiger partial charge is 0.366 e. The van der Waals surface area contributed by atoms with Crippen molar-refractivity contribution in [2.45, 2.75) is 26.3 Å². The molecule has 0 saturated carbocycles. The summed E-state index contributed by atoms with van der Waals surface area (Å²) >= 11 is 5.73. The zero-order chi connectivity index (χ0) is 13.7. The van der Waals surface area contributed by atoms with Gasteiger partial charge in [-0.15, -0.1) is 0 Å². The molecule has 0 aliphatic rings. The van der Waals surface area contributed by atoms with Gasteiger partial charge in [-0.2, -0.15) is 0 Å². The molecule has 0 aliphatic carbocycles. The van der Waals surface area contributed by atoms with Crippen molar-refractivity contribution in [1.29, 1.82) is 0 Å². The Morgan fingerprint density at radius 3 is 2.84 bits per heavy atom. The van der Waals surface area contributed by atoms with E-state index < -0.39 is 5.82 Å². The van der Waals surface area contributed by atoms with E-state index in [2.05, 4.69) is 22.2 Å². The summed E-state index contributed by atoms with van der Waals surface area (Å²) in [7, 11) is 0. The van der Waals surface area contributed by atoms with Crippen LogP contribution in [-0.2, 0) is 13.0 Å². The van der Waals surface area contributed by atoms with Crippen molar-refractivity contribution >= 4 is 17.4 Å². The number of hydrogen-bond donors (Lipinski definition) is 1. The van der Waals surface area contributed by atoms with Crippen molar-refractivity contribution in [3.05, 3.63) is 52.7 Å². The van der Waals surface area contributed by atoms with E-state index in [9.17, 15) is 4.39 Å². The highest BCUT2D eigenvalue weighted by Crippen LogP contribution is 2.17. The Morgan fingerprint density at radius 1 is 1.26 bits per heavy atom. The van der Waals surface area contributed by atoms with Gasteiger partial charge in [-0.3, -0.25) is 0 Å². The fourth-order valence-corrected chi connectivity index (χ4v) is 1.93. The predicted octanol–water partition coefficient (Wildman–Crippen LogP) is 3.83. The third-order valence-corrected chi connectivity index (χ3v) is 2.98.